The van der Waals surface area contributed by atoms with Crippen LogP contribution >= 0.6 is 7.60 Å². The van der Waals surface area contributed by atoms with Gasteiger partial charge in [0.2, 0.25) is 0 Å². The molecule has 0 aliphatic carbocycles. The Balaban J connectivity index is 3.46. The molecule has 0 atom stereocenters. The van der Waals surface area contributed by atoms with Gasteiger partial charge in [0.25, 0.3) is 0 Å². The van der Waals surface area contributed by atoms with Gasteiger partial charge in [-0.15, -0.1) is 0 Å². The lowest BCUT2D eigenvalue weighted by atomic mass is 10.2. The number of hydrogen-bond donors (Lipinski definition) is 0. The molecule has 0 bridgehead atoms. The quantitative estimate of drug-likeness (QED) is 0.145. The molecule has 156 valence electrons. The van der Waals surface area contributed by atoms with Crippen molar-refractivity contribution in [3.8, 4) is 0 Å². The number of carbonyl (C=O) groups is 2. The van der Waals surface area contributed by atoms with Crippen LogP contribution in [-0.2, 0) is 32.7 Å². The standard InChI is InChI=1S/C19H33O7P/c1-4-18(20)23-14-10-6-8-12-16-25-27(3,22)26-17-13-9-7-11-15-24-19(21)5-2/h4-5H,1-2,6-17H2,3H3. The van der Waals surface area contributed by atoms with E-state index in [1.54, 1.807) is 0 Å². The fourth-order valence-corrected chi connectivity index (χ4v) is 3.07. The van der Waals surface area contributed by atoms with Gasteiger partial charge in [0.05, 0.1) is 26.4 Å². The monoisotopic (exact) mass is 404 g/mol. The van der Waals surface area contributed by atoms with Crippen LogP contribution < -0.4 is 0 Å². The van der Waals surface area contributed by atoms with Crippen LogP contribution in [0, 0.1) is 0 Å². The molecule has 0 N–H and O–H groups in total. The second-order valence-corrected chi connectivity index (χ2v) is 8.07. The molecular weight excluding hydrogens is 371 g/mol. The molecule has 0 saturated heterocycles. The first-order valence-corrected chi connectivity index (χ1v) is 11.3. The first kappa shape index (κ1) is 25.6. The Morgan fingerprint density at radius 2 is 1.04 bits per heavy atom. The van der Waals surface area contributed by atoms with Crippen LogP contribution in [-0.4, -0.2) is 45.0 Å². The van der Waals surface area contributed by atoms with Crippen molar-refractivity contribution in [2.24, 2.45) is 0 Å². The predicted molar refractivity (Wildman–Crippen MR) is 105 cm³/mol. The maximum atomic E-state index is 12.1. The maximum absolute atomic E-state index is 12.1. The highest BCUT2D eigenvalue weighted by molar-refractivity contribution is 7.52. The molecule has 0 amide bonds. The third-order valence-electron chi connectivity index (χ3n) is 3.55. The molecule has 0 rings (SSSR count). The lowest BCUT2D eigenvalue weighted by Crippen LogP contribution is -2.02. The average molecular weight is 404 g/mol. The summed E-state index contributed by atoms with van der Waals surface area (Å²) in [4.78, 5) is 21.7. The summed E-state index contributed by atoms with van der Waals surface area (Å²) in [5, 5.41) is 0. The van der Waals surface area contributed by atoms with E-state index in [1.165, 1.54) is 6.66 Å². The Bertz CT molecular complexity index is 450. The summed E-state index contributed by atoms with van der Waals surface area (Å²) < 4.78 is 32.6. The van der Waals surface area contributed by atoms with Crippen molar-refractivity contribution < 1.29 is 32.7 Å². The average Bonchev–Trinajstić information content (AvgIpc) is 2.65. The van der Waals surface area contributed by atoms with Crippen LogP contribution in [0.25, 0.3) is 0 Å². The summed E-state index contributed by atoms with van der Waals surface area (Å²) >= 11 is 0. The summed E-state index contributed by atoms with van der Waals surface area (Å²) in [5.74, 6) is -0.808. The van der Waals surface area contributed by atoms with E-state index in [-0.39, 0.29) is 0 Å². The SMILES string of the molecule is C=CC(=O)OCCCCCCOP(C)(=O)OCCCCCCOC(=O)C=C. The van der Waals surface area contributed by atoms with Crippen LogP contribution in [0.4, 0.5) is 0 Å². The second-order valence-electron chi connectivity index (χ2n) is 6.01. The van der Waals surface area contributed by atoms with Gasteiger partial charge in [-0.2, -0.15) is 0 Å². The molecule has 8 heteroatoms. The van der Waals surface area contributed by atoms with Gasteiger partial charge in [0.1, 0.15) is 0 Å². The minimum atomic E-state index is -3.01. The van der Waals surface area contributed by atoms with Crippen molar-refractivity contribution in [3.05, 3.63) is 25.3 Å². The molecule has 0 aromatic carbocycles. The van der Waals surface area contributed by atoms with E-state index in [2.05, 4.69) is 13.2 Å². The molecule has 0 aliphatic rings. The lowest BCUT2D eigenvalue weighted by molar-refractivity contribution is -0.138. The summed E-state index contributed by atoms with van der Waals surface area (Å²) in [5.41, 5.74) is 0. The Labute approximate surface area is 162 Å². The Morgan fingerprint density at radius 1 is 0.704 bits per heavy atom. The Kier molecular flexibility index (Phi) is 15.8. The molecule has 0 radical (unpaired) electrons. The zero-order valence-corrected chi connectivity index (χ0v) is 17.3. The molecule has 0 saturated carbocycles. The Morgan fingerprint density at radius 3 is 1.37 bits per heavy atom. The first-order valence-electron chi connectivity index (χ1n) is 9.36. The van der Waals surface area contributed by atoms with Crippen molar-refractivity contribution in [1.82, 2.24) is 0 Å². The summed E-state index contributed by atoms with van der Waals surface area (Å²) in [6.45, 7) is 9.68. The van der Waals surface area contributed by atoms with Gasteiger partial charge in [-0.3, -0.25) is 4.57 Å². The van der Waals surface area contributed by atoms with Gasteiger partial charge in [-0.25, -0.2) is 9.59 Å². The third kappa shape index (κ3) is 17.7. The van der Waals surface area contributed by atoms with Gasteiger partial charge >= 0.3 is 19.5 Å². The smallest absolute Gasteiger partial charge is 0.330 e. The molecule has 0 aromatic rings. The molecule has 0 aliphatic heterocycles. The van der Waals surface area contributed by atoms with Crippen molar-refractivity contribution in [2.45, 2.75) is 51.4 Å². The number of ether oxygens (including phenoxy) is 2. The van der Waals surface area contributed by atoms with E-state index >= 15 is 0 Å². The number of esters is 2. The fraction of sp³-hybridized carbons (Fsp3) is 0.684. The van der Waals surface area contributed by atoms with Gasteiger partial charge in [0.15, 0.2) is 0 Å². The lowest BCUT2D eigenvalue weighted by Gasteiger charge is -2.14. The van der Waals surface area contributed by atoms with Gasteiger partial charge in [-0.05, 0) is 38.5 Å². The van der Waals surface area contributed by atoms with Crippen LogP contribution in [0.3, 0.4) is 0 Å². The minimum absolute atomic E-state index is 0.384. The molecule has 0 heterocycles. The zero-order chi connectivity index (χ0) is 20.4. The van der Waals surface area contributed by atoms with Crippen molar-refractivity contribution in [1.29, 1.82) is 0 Å². The summed E-state index contributed by atoms with van der Waals surface area (Å²) in [6, 6.07) is 0. The van der Waals surface area contributed by atoms with E-state index in [4.69, 9.17) is 18.5 Å². The fourth-order valence-electron chi connectivity index (χ4n) is 2.08. The van der Waals surface area contributed by atoms with Crippen molar-refractivity contribution >= 4 is 19.5 Å². The van der Waals surface area contributed by atoms with Crippen LogP contribution in [0.5, 0.6) is 0 Å². The summed E-state index contributed by atoms with van der Waals surface area (Å²) in [6.07, 6.45) is 9.04. The normalized spacial score (nSPS) is 11.0. The minimum Gasteiger partial charge on any atom is -0.463 e. The highest BCUT2D eigenvalue weighted by Gasteiger charge is 2.15. The number of rotatable bonds is 18. The second kappa shape index (κ2) is 16.7. The van der Waals surface area contributed by atoms with Crippen LogP contribution in [0.1, 0.15) is 51.4 Å². The highest BCUT2D eigenvalue weighted by Crippen LogP contribution is 2.44. The third-order valence-corrected chi connectivity index (χ3v) is 4.85. The molecule has 0 fully saturated rings. The van der Waals surface area contributed by atoms with Crippen LogP contribution in [0.15, 0.2) is 25.3 Å². The van der Waals surface area contributed by atoms with E-state index in [9.17, 15) is 14.2 Å². The number of hydrogen-bond acceptors (Lipinski definition) is 7. The summed E-state index contributed by atoms with van der Waals surface area (Å²) in [7, 11) is -3.01. The van der Waals surface area contributed by atoms with Gasteiger partial charge < -0.3 is 18.5 Å². The molecule has 0 aromatic heterocycles. The predicted octanol–water partition coefficient (Wildman–Crippen LogP) is 4.42. The molecule has 0 spiro atoms. The van der Waals surface area contributed by atoms with E-state index < -0.39 is 19.5 Å². The van der Waals surface area contributed by atoms with Crippen molar-refractivity contribution in [2.75, 3.05) is 33.1 Å². The number of unbranched alkanes of at least 4 members (excludes halogenated alkanes) is 6. The molecule has 7 nitrogen and oxygen atoms in total. The van der Waals surface area contributed by atoms with E-state index in [0.717, 1.165) is 63.5 Å². The zero-order valence-electron chi connectivity index (χ0n) is 16.4. The molecule has 27 heavy (non-hydrogen) atoms. The first-order chi connectivity index (χ1) is 12.9. The Hall–Kier alpha value is -1.43. The van der Waals surface area contributed by atoms with Crippen molar-refractivity contribution in [3.63, 3.8) is 0 Å². The van der Waals surface area contributed by atoms with Crippen LogP contribution in [0.2, 0.25) is 0 Å². The highest BCUT2D eigenvalue weighted by atomic mass is 31.2. The van der Waals surface area contributed by atoms with Gasteiger partial charge in [-0.1, -0.05) is 26.0 Å². The van der Waals surface area contributed by atoms with E-state index in [1.807, 2.05) is 0 Å². The largest absolute Gasteiger partial charge is 0.463 e. The maximum Gasteiger partial charge on any atom is 0.330 e. The molecule has 0 unspecified atom stereocenters. The topological polar surface area (TPSA) is 88.1 Å². The van der Waals surface area contributed by atoms with Gasteiger partial charge in [0, 0.05) is 18.8 Å². The van der Waals surface area contributed by atoms with E-state index in [0.29, 0.717) is 26.4 Å². The number of carbonyl (C=O) groups excluding carboxylic acids is 2. The molecular formula is C19H33O7P.